The lowest BCUT2D eigenvalue weighted by Gasteiger charge is -2.09. The quantitative estimate of drug-likeness (QED) is 0.740. The summed E-state index contributed by atoms with van der Waals surface area (Å²) in [5.41, 5.74) is 1.31. The summed E-state index contributed by atoms with van der Waals surface area (Å²) >= 11 is 0. The van der Waals surface area contributed by atoms with Crippen LogP contribution in [0.15, 0.2) is 36.5 Å². The maximum atomic E-state index is 12.8. The first-order valence-electron chi connectivity index (χ1n) is 6.81. The van der Waals surface area contributed by atoms with Gasteiger partial charge in [0.25, 0.3) is 0 Å². The third kappa shape index (κ3) is 3.48. The van der Waals surface area contributed by atoms with Crippen molar-refractivity contribution in [3.8, 4) is 11.4 Å². The SMILES string of the molecule is COCc1nc(-c2ccc3ncccc3c2)n(CC(F)(F)F)n1. The predicted octanol–water partition coefficient (Wildman–Crippen LogP) is 3.20. The van der Waals surface area contributed by atoms with Crippen molar-refractivity contribution in [3.63, 3.8) is 0 Å². The summed E-state index contributed by atoms with van der Waals surface area (Å²) in [7, 11) is 1.44. The molecule has 2 aromatic heterocycles. The topological polar surface area (TPSA) is 52.8 Å². The monoisotopic (exact) mass is 322 g/mol. The molecule has 23 heavy (non-hydrogen) atoms. The number of methoxy groups -OCH3 is 1. The zero-order valence-corrected chi connectivity index (χ0v) is 12.2. The van der Waals surface area contributed by atoms with E-state index >= 15 is 0 Å². The van der Waals surface area contributed by atoms with Crippen molar-refractivity contribution in [2.45, 2.75) is 19.3 Å². The largest absolute Gasteiger partial charge is 0.408 e. The van der Waals surface area contributed by atoms with Gasteiger partial charge >= 0.3 is 6.18 Å². The van der Waals surface area contributed by atoms with Gasteiger partial charge in [0.2, 0.25) is 0 Å². The third-order valence-electron chi connectivity index (χ3n) is 3.18. The molecule has 2 heterocycles. The number of nitrogens with zero attached hydrogens (tertiary/aromatic N) is 4. The Bertz CT molecular complexity index is 829. The number of benzene rings is 1. The van der Waals surface area contributed by atoms with E-state index in [0.717, 1.165) is 15.6 Å². The van der Waals surface area contributed by atoms with Crippen LogP contribution in [0.3, 0.4) is 0 Å². The number of aromatic nitrogens is 4. The molecule has 3 aromatic rings. The average molecular weight is 322 g/mol. The highest BCUT2D eigenvalue weighted by Crippen LogP contribution is 2.25. The predicted molar refractivity (Wildman–Crippen MR) is 77.5 cm³/mol. The van der Waals surface area contributed by atoms with Crippen LogP contribution in [0.4, 0.5) is 13.2 Å². The number of ether oxygens (including phenoxy) is 1. The van der Waals surface area contributed by atoms with E-state index in [1.54, 1.807) is 30.5 Å². The number of pyridine rings is 1. The first kappa shape index (κ1) is 15.4. The molecule has 0 unspecified atom stereocenters. The summed E-state index contributed by atoms with van der Waals surface area (Å²) in [4.78, 5) is 8.36. The standard InChI is InChI=1S/C15H13F3N4O/c1-23-8-13-20-14(22(21-13)9-15(16,17)18)11-4-5-12-10(7-11)3-2-6-19-12/h2-7H,8-9H2,1H3. The van der Waals surface area contributed by atoms with Gasteiger partial charge in [-0.25, -0.2) is 9.67 Å². The van der Waals surface area contributed by atoms with Gasteiger partial charge in [0.15, 0.2) is 11.6 Å². The zero-order chi connectivity index (χ0) is 16.4. The van der Waals surface area contributed by atoms with Crippen molar-refractivity contribution in [1.82, 2.24) is 19.7 Å². The van der Waals surface area contributed by atoms with E-state index in [0.29, 0.717) is 5.56 Å². The van der Waals surface area contributed by atoms with Gasteiger partial charge in [0.1, 0.15) is 13.2 Å². The minimum absolute atomic E-state index is 0.0486. The van der Waals surface area contributed by atoms with Crippen LogP contribution in [0.1, 0.15) is 5.82 Å². The van der Waals surface area contributed by atoms with Crippen molar-refractivity contribution in [1.29, 1.82) is 0 Å². The second kappa shape index (κ2) is 5.96. The molecule has 0 fully saturated rings. The van der Waals surface area contributed by atoms with Gasteiger partial charge in [0.05, 0.1) is 5.52 Å². The normalized spacial score (nSPS) is 12.0. The van der Waals surface area contributed by atoms with E-state index in [-0.39, 0.29) is 18.3 Å². The molecular weight excluding hydrogens is 309 g/mol. The fourth-order valence-electron chi connectivity index (χ4n) is 2.29. The minimum Gasteiger partial charge on any atom is -0.377 e. The summed E-state index contributed by atoms with van der Waals surface area (Å²) in [6.45, 7) is -1.16. The highest BCUT2D eigenvalue weighted by molar-refractivity contribution is 5.83. The fourth-order valence-corrected chi connectivity index (χ4v) is 2.29. The van der Waals surface area contributed by atoms with E-state index in [1.807, 2.05) is 6.07 Å². The van der Waals surface area contributed by atoms with Gasteiger partial charge in [-0.3, -0.25) is 4.98 Å². The summed E-state index contributed by atoms with van der Waals surface area (Å²) in [5.74, 6) is 0.359. The highest BCUT2D eigenvalue weighted by Gasteiger charge is 2.30. The van der Waals surface area contributed by atoms with Crippen molar-refractivity contribution in [2.24, 2.45) is 0 Å². The molecule has 8 heteroatoms. The molecule has 0 saturated carbocycles. The van der Waals surface area contributed by atoms with Crippen LogP contribution < -0.4 is 0 Å². The molecule has 0 radical (unpaired) electrons. The Balaban J connectivity index is 2.08. The first-order valence-corrected chi connectivity index (χ1v) is 6.81. The maximum Gasteiger partial charge on any atom is 0.408 e. The van der Waals surface area contributed by atoms with Crippen LogP contribution in [0.2, 0.25) is 0 Å². The van der Waals surface area contributed by atoms with Gasteiger partial charge in [0, 0.05) is 24.3 Å². The van der Waals surface area contributed by atoms with E-state index in [1.165, 1.54) is 7.11 Å². The van der Waals surface area contributed by atoms with Crippen LogP contribution in [-0.4, -0.2) is 33.0 Å². The molecule has 0 spiro atoms. The van der Waals surface area contributed by atoms with Crippen LogP contribution in [0, 0.1) is 0 Å². The molecule has 0 bridgehead atoms. The van der Waals surface area contributed by atoms with Crippen LogP contribution in [0.25, 0.3) is 22.3 Å². The summed E-state index contributed by atoms with van der Waals surface area (Å²) in [6.07, 6.45) is -2.73. The molecule has 0 aliphatic rings. The average Bonchev–Trinajstić information content (AvgIpc) is 2.87. The van der Waals surface area contributed by atoms with E-state index in [2.05, 4.69) is 15.1 Å². The lowest BCUT2D eigenvalue weighted by atomic mass is 10.1. The summed E-state index contributed by atoms with van der Waals surface area (Å²) < 4.78 is 44.0. The minimum atomic E-state index is -4.38. The lowest BCUT2D eigenvalue weighted by Crippen LogP contribution is -2.19. The van der Waals surface area contributed by atoms with Crippen molar-refractivity contribution < 1.29 is 17.9 Å². The number of alkyl halides is 3. The molecule has 0 N–H and O–H groups in total. The van der Waals surface area contributed by atoms with E-state index in [4.69, 9.17) is 4.74 Å². The first-order chi connectivity index (χ1) is 11.0. The molecule has 0 atom stereocenters. The summed E-state index contributed by atoms with van der Waals surface area (Å²) in [6, 6.07) is 8.78. The van der Waals surface area contributed by atoms with Crippen molar-refractivity contribution in [2.75, 3.05) is 7.11 Å². The van der Waals surface area contributed by atoms with Crippen LogP contribution in [-0.2, 0) is 17.9 Å². The second-order valence-electron chi connectivity index (χ2n) is 4.97. The van der Waals surface area contributed by atoms with E-state index in [9.17, 15) is 13.2 Å². The molecule has 1 aromatic carbocycles. The molecule has 5 nitrogen and oxygen atoms in total. The number of rotatable bonds is 4. The van der Waals surface area contributed by atoms with Gasteiger partial charge in [-0.15, -0.1) is 0 Å². The van der Waals surface area contributed by atoms with Gasteiger partial charge in [-0.05, 0) is 24.3 Å². The fraction of sp³-hybridized carbons (Fsp3) is 0.267. The number of halogens is 3. The highest BCUT2D eigenvalue weighted by atomic mass is 19.4. The molecule has 3 rings (SSSR count). The number of fused-ring (bicyclic) bond motifs is 1. The molecule has 0 aliphatic heterocycles. The van der Waals surface area contributed by atoms with Crippen LogP contribution >= 0.6 is 0 Å². The van der Waals surface area contributed by atoms with Gasteiger partial charge in [-0.1, -0.05) is 6.07 Å². The van der Waals surface area contributed by atoms with Crippen molar-refractivity contribution in [3.05, 3.63) is 42.4 Å². The Labute approximate surface area is 129 Å². The molecule has 0 saturated heterocycles. The Morgan fingerprint density at radius 2 is 2.04 bits per heavy atom. The lowest BCUT2D eigenvalue weighted by molar-refractivity contribution is -0.142. The number of hydrogen-bond donors (Lipinski definition) is 0. The van der Waals surface area contributed by atoms with Crippen molar-refractivity contribution >= 4 is 10.9 Å². The Morgan fingerprint density at radius 1 is 1.22 bits per heavy atom. The third-order valence-corrected chi connectivity index (χ3v) is 3.18. The molecule has 0 aliphatic carbocycles. The van der Waals surface area contributed by atoms with Crippen LogP contribution in [0.5, 0.6) is 0 Å². The molecule has 0 amide bonds. The zero-order valence-electron chi connectivity index (χ0n) is 12.2. The molecule has 120 valence electrons. The Hall–Kier alpha value is -2.48. The number of hydrogen-bond acceptors (Lipinski definition) is 4. The van der Waals surface area contributed by atoms with Gasteiger partial charge in [-0.2, -0.15) is 18.3 Å². The Morgan fingerprint density at radius 3 is 2.78 bits per heavy atom. The van der Waals surface area contributed by atoms with Gasteiger partial charge < -0.3 is 4.74 Å². The Kier molecular flexibility index (Phi) is 3.99. The maximum absolute atomic E-state index is 12.8. The smallest absolute Gasteiger partial charge is 0.377 e. The molecular formula is C15H13F3N4O. The summed E-state index contributed by atoms with van der Waals surface area (Å²) in [5, 5.41) is 4.71. The second-order valence-corrected chi connectivity index (χ2v) is 4.97. The van der Waals surface area contributed by atoms with E-state index < -0.39 is 12.7 Å².